The van der Waals surface area contributed by atoms with Gasteiger partial charge in [0.25, 0.3) is 5.91 Å². The molecule has 8 heteroatoms. The maximum absolute atomic E-state index is 12.2. The van der Waals surface area contributed by atoms with Gasteiger partial charge in [0.2, 0.25) is 12.7 Å². The van der Waals surface area contributed by atoms with Gasteiger partial charge in [-0.1, -0.05) is 12.1 Å². The number of para-hydroxylation sites is 2. The third kappa shape index (κ3) is 3.80. The number of hydrogen-bond donors (Lipinski definition) is 1. The highest BCUT2D eigenvalue weighted by Crippen LogP contribution is 2.34. The number of nitrogens with zero attached hydrogens (tertiary/aromatic N) is 1. The molecule has 0 bridgehead atoms. The number of esters is 1. The number of amides is 1. The van der Waals surface area contributed by atoms with Gasteiger partial charge in [-0.05, 0) is 31.2 Å². The average Bonchev–Trinajstić information content (AvgIpc) is 3.32. The lowest BCUT2D eigenvalue weighted by Crippen LogP contribution is -2.29. The number of oxazole rings is 1. The van der Waals surface area contributed by atoms with Crippen molar-refractivity contribution in [2.75, 3.05) is 12.1 Å². The third-order valence-corrected chi connectivity index (χ3v) is 3.97. The third-order valence-electron chi connectivity index (χ3n) is 3.97. The number of hydrogen-bond acceptors (Lipinski definition) is 7. The van der Waals surface area contributed by atoms with Gasteiger partial charge >= 0.3 is 5.97 Å². The SMILES string of the molecule is CC(OC(=O)/C=C/c1nc2ccccc2o1)C(=O)Nc1ccc2c(c1)OCO2. The van der Waals surface area contributed by atoms with E-state index < -0.39 is 18.0 Å². The highest BCUT2D eigenvalue weighted by molar-refractivity contribution is 5.96. The molecule has 1 atom stereocenters. The number of anilines is 1. The number of rotatable bonds is 5. The van der Waals surface area contributed by atoms with Crippen LogP contribution in [0, 0.1) is 0 Å². The Bertz CT molecular complexity index is 1040. The first-order valence-corrected chi connectivity index (χ1v) is 8.53. The van der Waals surface area contributed by atoms with Crippen LogP contribution in [0.5, 0.6) is 11.5 Å². The molecule has 0 saturated heterocycles. The zero-order valence-corrected chi connectivity index (χ0v) is 14.9. The van der Waals surface area contributed by atoms with Crippen molar-refractivity contribution in [1.29, 1.82) is 0 Å². The smallest absolute Gasteiger partial charge is 0.331 e. The number of benzene rings is 2. The zero-order valence-electron chi connectivity index (χ0n) is 14.9. The van der Waals surface area contributed by atoms with Crippen molar-refractivity contribution in [3.05, 3.63) is 54.4 Å². The van der Waals surface area contributed by atoms with E-state index in [-0.39, 0.29) is 12.7 Å². The standard InChI is InChI=1S/C20H16N2O6/c1-12(20(24)21-13-6-7-16-17(10-13)26-11-25-16)27-19(23)9-8-18-22-14-4-2-3-5-15(14)28-18/h2-10,12H,11H2,1H3,(H,21,24)/b9-8+. The summed E-state index contributed by atoms with van der Waals surface area (Å²) in [5.74, 6) is 0.277. The maximum atomic E-state index is 12.2. The second-order valence-electron chi connectivity index (χ2n) is 5.99. The molecular weight excluding hydrogens is 364 g/mol. The highest BCUT2D eigenvalue weighted by Gasteiger charge is 2.19. The molecule has 1 aliphatic rings. The van der Waals surface area contributed by atoms with Crippen LogP contribution in [0.3, 0.4) is 0 Å². The number of nitrogens with one attached hydrogen (secondary N) is 1. The Balaban J connectivity index is 1.33. The van der Waals surface area contributed by atoms with E-state index in [1.165, 1.54) is 13.0 Å². The van der Waals surface area contributed by atoms with Gasteiger partial charge in [-0.25, -0.2) is 9.78 Å². The normalized spacial score (nSPS) is 13.6. The van der Waals surface area contributed by atoms with Gasteiger partial charge in [0.1, 0.15) is 5.52 Å². The van der Waals surface area contributed by atoms with E-state index in [0.29, 0.717) is 28.3 Å². The average molecular weight is 380 g/mol. The van der Waals surface area contributed by atoms with Crippen molar-refractivity contribution in [3.8, 4) is 11.5 Å². The lowest BCUT2D eigenvalue weighted by Gasteiger charge is -2.12. The fraction of sp³-hybridized carbons (Fsp3) is 0.150. The van der Waals surface area contributed by atoms with E-state index in [1.807, 2.05) is 12.1 Å². The van der Waals surface area contributed by atoms with Crippen LogP contribution in [-0.4, -0.2) is 29.8 Å². The lowest BCUT2D eigenvalue weighted by molar-refractivity contribution is -0.148. The first kappa shape index (κ1) is 17.6. The Morgan fingerprint density at radius 1 is 1.18 bits per heavy atom. The molecule has 0 spiro atoms. The summed E-state index contributed by atoms with van der Waals surface area (Å²) in [7, 11) is 0. The van der Waals surface area contributed by atoms with Crippen molar-refractivity contribution in [2.45, 2.75) is 13.0 Å². The second kappa shape index (κ2) is 7.43. The molecule has 0 aliphatic carbocycles. The number of ether oxygens (including phenoxy) is 3. The fourth-order valence-electron chi connectivity index (χ4n) is 2.59. The van der Waals surface area contributed by atoms with E-state index in [9.17, 15) is 9.59 Å². The molecule has 2 aromatic carbocycles. The summed E-state index contributed by atoms with van der Waals surface area (Å²) in [6.45, 7) is 1.63. The minimum Gasteiger partial charge on any atom is -0.454 e. The first-order valence-electron chi connectivity index (χ1n) is 8.53. The molecule has 3 aromatic rings. The van der Waals surface area contributed by atoms with Crippen LogP contribution in [0.25, 0.3) is 17.2 Å². The summed E-state index contributed by atoms with van der Waals surface area (Å²) in [4.78, 5) is 28.4. The van der Waals surface area contributed by atoms with Crippen LogP contribution >= 0.6 is 0 Å². The Morgan fingerprint density at radius 3 is 2.86 bits per heavy atom. The molecule has 8 nitrogen and oxygen atoms in total. The molecule has 1 N–H and O–H groups in total. The van der Waals surface area contributed by atoms with Crippen LogP contribution in [0.15, 0.2) is 53.0 Å². The van der Waals surface area contributed by atoms with E-state index >= 15 is 0 Å². The summed E-state index contributed by atoms with van der Waals surface area (Å²) in [5, 5.41) is 2.66. The Kier molecular flexibility index (Phi) is 4.67. The van der Waals surface area contributed by atoms with E-state index in [2.05, 4.69) is 10.3 Å². The predicted octanol–water partition coefficient (Wildman–Crippen LogP) is 3.14. The highest BCUT2D eigenvalue weighted by atomic mass is 16.7. The van der Waals surface area contributed by atoms with Crippen molar-refractivity contribution in [1.82, 2.24) is 4.98 Å². The van der Waals surface area contributed by atoms with Crippen LogP contribution < -0.4 is 14.8 Å². The minimum atomic E-state index is -0.994. The van der Waals surface area contributed by atoms with E-state index in [1.54, 1.807) is 30.3 Å². The van der Waals surface area contributed by atoms with Crippen molar-refractivity contribution < 1.29 is 28.2 Å². The number of fused-ring (bicyclic) bond motifs is 2. The van der Waals surface area contributed by atoms with Gasteiger partial charge in [0.05, 0.1) is 0 Å². The quantitative estimate of drug-likeness (QED) is 0.536. The molecule has 4 rings (SSSR count). The summed E-state index contributed by atoms with van der Waals surface area (Å²) in [5.41, 5.74) is 1.82. The van der Waals surface area contributed by atoms with Crippen molar-refractivity contribution >= 4 is 34.7 Å². The molecule has 0 radical (unpaired) electrons. The minimum absolute atomic E-state index is 0.146. The summed E-state index contributed by atoms with van der Waals surface area (Å²) >= 11 is 0. The second-order valence-corrected chi connectivity index (χ2v) is 5.99. The van der Waals surface area contributed by atoms with Gasteiger partial charge in [-0.2, -0.15) is 0 Å². The van der Waals surface area contributed by atoms with Gasteiger partial charge in [-0.3, -0.25) is 4.79 Å². The largest absolute Gasteiger partial charge is 0.454 e. The first-order chi connectivity index (χ1) is 13.6. The predicted molar refractivity (Wildman–Crippen MR) is 99.8 cm³/mol. The molecule has 1 aromatic heterocycles. The summed E-state index contributed by atoms with van der Waals surface area (Å²) < 4.78 is 21.1. The van der Waals surface area contributed by atoms with Crippen LogP contribution in [0.2, 0.25) is 0 Å². The van der Waals surface area contributed by atoms with Crippen molar-refractivity contribution in [2.24, 2.45) is 0 Å². The molecule has 0 saturated carbocycles. The molecule has 1 amide bonds. The van der Waals surface area contributed by atoms with Crippen molar-refractivity contribution in [3.63, 3.8) is 0 Å². The molecule has 142 valence electrons. The fourth-order valence-corrected chi connectivity index (χ4v) is 2.59. The zero-order chi connectivity index (χ0) is 19.5. The molecule has 1 aliphatic heterocycles. The summed E-state index contributed by atoms with van der Waals surface area (Å²) in [6.07, 6.45) is 1.56. The molecular formula is C20H16N2O6. The number of carbonyl (C=O) groups is 2. The Hall–Kier alpha value is -3.81. The summed E-state index contributed by atoms with van der Waals surface area (Å²) in [6, 6.07) is 12.3. The van der Waals surface area contributed by atoms with E-state index in [0.717, 1.165) is 6.08 Å². The Morgan fingerprint density at radius 2 is 2.00 bits per heavy atom. The molecule has 2 heterocycles. The molecule has 0 fully saturated rings. The monoisotopic (exact) mass is 380 g/mol. The number of carbonyl (C=O) groups excluding carboxylic acids is 2. The Labute approximate surface area is 159 Å². The molecule has 1 unspecified atom stereocenters. The van der Waals surface area contributed by atoms with E-state index in [4.69, 9.17) is 18.6 Å². The lowest BCUT2D eigenvalue weighted by atomic mass is 10.2. The van der Waals surface area contributed by atoms with Crippen LogP contribution in [0.1, 0.15) is 12.8 Å². The molecule has 28 heavy (non-hydrogen) atoms. The van der Waals surface area contributed by atoms with Crippen LogP contribution in [0.4, 0.5) is 5.69 Å². The van der Waals surface area contributed by atoms with Gasteiger partial charge in [-0.15, -0.1) is 0 Å². The maximum Gasteiger partial charge on any atom is 0.331 e. The topological polar surface area (TPSA) is 99.9 Å². The van der Waals surface area contributed by atoms with Crippen LogP contribution in [-0.2, 0) is 14.3 Å². The van der Waals surface area contributed by atoms with Gasteiger partial charge < -0.3 is 23.9 Å². The number of aromatic nitrogens is 1. The van der Waals surface area contributed by atoms with Gasteiger partial charge in [0, 0.05) is 23.9 Å². The van der Waals surface area contributed by atoms with Gasteiger partial charge in [0.15, 0.2) is 23.2 Å².